The molecule has 0 aliphatic carbocycles. The van der Waals surface area contributed by atoms with Crippen molar-refractivity contribution in [1.29, 1.82) is 0 Å². The zero-order valence-corrected chi connectivity index (χ0v) is 38.1. The second-order valence-electron chi connectivity index (χ2n) is 14.6. The quantitative estimate of drug-likeness (QED) is 0.0886. The van der Waals surface area contributed by atoms with E-state index in [-0.39, 0.29) is 12.3 Å². The van der Waals surface area contributed by atoms with Crippen molar-refractivity contribution in [3.8, 4) is 11.1 Å². The summed E-state index contributed by atoms with van der Waals surface area (Å²) in [4.78, 5) is -1.96. The molecule has 0 aromatic heterocycles. The summed E-state index contributed by atoms with van der Waals surface area (Å²) < 4.78 is 148. The summed E-state index contributed by atoms with van der Waals surface area (Å²) >= 11 is 0. The Bertz CT molecular complexity index is 3210. The van der Waals surface area contributed by atoms with Crippen LogP contribution in [0.25, 0.3) is 32.7 Å². The molecule has 8 rings (SSSR count). The Balaban J connectivity index is 1.41. The average molecular weight is 967 g/mol. The number of hydrogen-bond acceptors (Lipinski definition) is 12. The molecule has 8 aromatic carbocycles. The van der Waals surface area contributed by atoms with E-state index >= 15 is 0 Å². The van der Waals surface area contributed by atoms with Crippen LogP contribution in [0.15, 0.2) is 189 Å². The Morgan fingerprint density at radius 2 is 0.609 bits per heavy atom. The van der Waals surface area contributed by atoms with E-state index in [1.54, 1.807) is 24.3 Å². The maximum Gasteiger partial charge on any atom is 0.124 e. The summed E-state index contributed by atoms with van der Waals surface area (Å²) in [6, 6.07) is 44.9. The summed E-state index contributed by atoms with van der Waals surface area (Å²) in [5, 5.41) is 4.91. The topological polar surface area (TPSA) is 229 Å². The van der Waals surface area contributed by atoms with Crippen LogP contribution in [0.3, 0.4) is 0 Å². The lowest BCUT2D eigenvalue weighted by molar-refractivity contribution is 0.461. The van der Waals surface area contributed by atoms with Crippen LogP contribution in [0.4, 0.5) is 0 Å². The van der Waals surface area contributed by atoms with Gasteiger partial charge in [0.1, 0.15) is 40.5 Å². The van der Waals surface area contributed by atoms with Gasteiger partial charge in [-0.1, -0.05) is 121 Å². The highest BCUT2D eigenvalue weighted by Crippen LogP contribution is 2.48. The first-order chi connectivity index (χ1) is 30.3. The van der Waals surface area contributed by atoms with E-state index in [1.807, 2.05) is 72.8 Å². The van der Waals surface area contributed by atoms with E-state index in [2.05, 4.69) is 0 Å². The van der Waals surface area contributed by atoms with E-state index in [0.717, 1.165) is 43.8 Å². The molecule has 326 valence electrons. The van der Waals surface area contributed by atoms with Gasteiger partial charge in [0.25, 0.3) is 0 Å². The molecule has 0 bridgehead atoms. The van der Waals surface area contributed by atoms with Gasteiger partial charge in [0.2, 0.25) is 0 Å². The summed E-state index contributed by atoms with van der Waals surface area (Å²) in [7, 11) is -23.2. The molecule has 18 heteroatoms. The van der Waals surface area contributed by atoms with Crippen molar-refractivity contribution in [2.75, 3.05) is 0 Å². The largest absolute Gasteiger partial charge is 0.744 e. The van der Waals surface area contributed by atoms with Crippen molar-refractivity contribution >= 4 is 99.1 Å². The minimum absolute atomic E-state index is 0.143. The second-order valence-corrected chi connectivity index (χ2v) is 24.5. The Hall–Kier alpha value is -5.22. The average Bonchev–Trinajstić information content (AvgIpc) is 3.26. The van der Waals surface area contributed by atoms with Crippen LogP contribution < -0.4 is 21.2 Å². The molecule has 0 N–H and O–H groups in total. The predicted molar refractivity (Wildman–Crippen MR) is 244 cm³/mol. The lowest BCUT2D eigenvalue weighted by atomic mass is 9.88. The smallest absolute Gasteiger partial charge is 0.124 e. The van der Waals surface area contributed by atoms with Crippen molar-refractivity contribution in [2.24, 2.45) is 0 Å². The number of rotatable bonds is 13. The van der Waals surface area contributed by atoms with Crippen LogP contribution in [-0.2, 0) is 52.8 Å². The molecule has 0 saturated heterocycles. The predicted octanol–water partition coefficient (Wildman–Crippen LogP) is 6.54. The maximum absolute atomic E-state index is 12.3. The monoisotopic (exact) mass is 966 g/mol. The van der Waals surface area contributed by atoms with Gasteiger partial charge in [-0.2, -0.15) is 0 Å². The molecule has 0 radical (unpaired) electrons. The second kappa shape index (κ2) is 17.6. The first-order valence-corrected chi connectivity index (χ1v) is 27.7. The van der Waals surface area contributed by atoms with Crippen molar-refractivity contribution in [2.45, 2.75) is 31.9 Å². The Kier molecular flexibility index (Phi) is 12.5. The number of hydrogen-bond donors (Lipinski definition) is 0. The van der Waals surface area contributed by atoms with Gasteiger partial charge in [0, 0.05) is 12.3 Å². The van der Waals surface area contributed by atoms with Gasteiger partial charge in [-0.05, 0) is 129 Å². The lowest BCUT2D eigenvalue weighted by Gasteiger charge is -2.26. The van der Waals surface area contributed by atoms with E-state index in [4.69, 9.17) is 0 Å². The lowest BCUT2D eigenvalue weighted by Crippen LogP contribution is -2.17. The van der Waals surface area contributed by atoms with Gasteiger partial charge in [-0.15, -0.1) is 0 Å². The van der Waals surface area contributed by atoms with Crippen LogP contribution >= 0.6 is 15.8 Å². The molecule has 8 aromatic rings. The minimum atomic E-state index is -4.92. The van der Waals surface area contributed by atoms with E-state index in [1.165, 1.54) is 72.8 Å². The molecule has 0 amide bonds. The molecule has 0 atom stereocenters. The normalized spacial score (nSPS) is 12.7. The molecule has 12 nitrogen and oxygen atoms in total. The van der Waals surface area contributed by atoms with Crippen LogP contribution in [0.2, 0.25) is 0 Å². The van der Waals surface area contributed by atoms with Gasteiger partial charge < -0.3 is 18.2 Å². The SMILES string of the molecule is O=S(=O)([O-])c1cccc(P(Cc2ccc3ccccc3c2-c2c(CP(c3cccc(S(=O)(=O)[O-])c3)c3cccc(S(=O)(=O)[O-])c3)ccc3ccccc23)c2cccc(S(=O)(=O)[O-])c2)c1. The van der Waals surface area contributed by atoms with E-state index in [9.17, 15) is 51.9 Å². The third-order valence-electron chi connectivity index (χ3n) is 10.6. The third kappa shape index (κ3) is 9.73. The first kappa shape index (κ1) is 45.4. The van der Waals surface area contributed by atoms with Gasteiger partial charge in [-0.25, -0.2) is 33.7 Å². The van der Waals surface area contributed by atoms with Gasteiger partial charge in [0.05, 0.1) is 19.6 Å². The Morgan fingerprint density at radius 1 is 0.328 bits per heavy atom. The molecular formula is C46H32O12P2S4-4. The van der Waals surface area contributed by atoms with Crippen LogP contribution in [-0.4, -0.2) is 51.9 Å². The molecule has 0 fully saturated rings. The zero-order chi connectivity index (χ0) is 45.6. The zero-order valence-electron chi connectivity index (χ0n) is 33.0. The van der Waals surface area contributed by atoms with Gasteiger partial charge >= 0.3 is 0 Å². The van der Waals surface area contributed by atoms with Crippen molar-refractivity contribution < 1.29 is 51.9 Å². The van der Waals surface area contributed by atoms with Gasteiger partial charge in [0.15, 0.2) is 0 Å². The summed E-state index contributed by atoms with van der Waals surface area (Å²) in [5.41, 5.74) is 2.91. The highest BCUT2D eigenvalue weighted by atomic mass is 32.2. The standard InChI is InChI=1S/C46H36O12P2S4/c47-61(48,49)39-15-5-11-35(25-39)59(36-12-6-16-40(26-36)62(50,51)52)29-33-23-21-31-9-1-3-19-43(31)45(33)46-34(24-22-32-10-2-4-20-44(32)46)30-60(37-13-7-17-41(27-37)63(53,54)55)38-14-8-18-42(28-38)64(56,57)58/h1-28H,29-30H2,(H,47,48,49)(H,50,51,52)(H,53,54,55)(H,56,57,58)/p-4. The molecule has 0 spiro atoms. The number of benzene rings is 8. The Labute approximate surface area is 372 Å². The van der Waals surface area contributed by atoms with E-state index in [0.29, 0.717) is 21.2 Å². The van der Waals surface area contributed by atoms with Gasteiger partial charge in [-0.3, -0.25) is 0 Å². The Morgan fingerprint density at radius 3 is 0.891 bits per heavy atom. The molecule has 0 aliphatic heterocycles. The molecule has 0 unspecified atom stereocenters. The fourth-order valence-corrected chi connectivity index (χ4v) is 14.9. The van der Waals surface area contributed by atoms with Crippen LogP contribution in [0.5, 0.6) is 0 Å². The summed E-state index contributed by atoms with van der Waals surface area (Å²) in [6.07, 6.45) is 0.287. The highest BCUT2D eigenvalue weighted by Gasteiger charge is 2.25. The van der Waals surface area contributed by atoms with Crippen molar-refractivity contribution in [3.63, 3.8) is 0 Å². The first-order valence-electron chi connectivity index (χ1n) is 19.1. The molecule has 64 heavy (non-hydrogen) atoms. The highest BCUT2D eigenvalue weighted by molar-refractivity contribution is 7.86. The fraction of sp³-hybridized carbons (Fsp3) is 0.0435. The van der Waals surface area contributed by atoms with Crippen molar-refractivity contribution in [1.82, 2.24) is 0 Å². The molecule has 0 saturated carbocycles. The van der Waals surface area contributed by atoms with Crippen LogP contribution in [0.1, 0.15) is 11.1 Å². The molecule has 0 heterocycles. The molecule has 0 aliphatic rings. The third-order valence-corrected chi connectivity index (χ3v) is 18.9. The van der Waals surface area contributed by atoms with Crippen LogP contribution in [0, 0.1) is 0 Å². The fourth-order valence-electron chi connectivity index (χ4n) is 7.72. The van der Waals surface area contributed by atoms with Crippen molar-refractivity contribution in [3.05, 3.63) is 181 Å². The summed E-state index contributed by atoms with van der Waals surface area (Å²) in [6.45, 7) is 0. The minimum Gasteiger partial charge on any atom is -0.744 e. The summed E-state index contributed by atoms with van der Waals surface area (Å²) in [5.74, 6) is 0. The number of fused-ring (bicyclic) bond motifs is 2. The molecular weight excluding hydrogens is 935 g/mol. The van der Waals surface area contributed by atoms with E-state index < -0.39 is 75.9 Å². The maximum atomic E-state index is 12.3.